The van der Waals surface area contributed by atoms with E-state index in [1.54, 1.807) is 0 Å². The number of rotatable bonds is 7. The fourth-order valence-corrected chi connectivity index (χ4v) is 3.57. The van der Waals surface area contributed by atoms with Gasteiger partial charge in [-0.2, -0.15) is 11.8 Å². The van der Waals surface area contributed by atoms with Gasteiger partial charge in [0.25, 0.3) is 0 Å². The van der Waals surface area contributed by atoms with Crippen molar-refractivity contribution in [1.82, 2.24) is 0 Å². The molecule has 0 amide bonds. The van der Waals surface area contributed by atoms with Crippen LogP contribution in [0.3, 0.4) is 0 Å². The van der Waals surface area contributed by atoms with Crippen LogP contribution in [0.2, 0.25) is 0 Å². The van der Waals surface area contributed by atoms with Crippen LogP contribution in [0.4, 0.5) is 5.69 Å². The molecule has 17 heavy (non-hydrogen) atoms. The smallest absolute Gasteiger partial charge is 0.0340 e. The molecule has 1 saturated carbocycles. The normalized spacial score (nSPS) is 16.2. The Labute approximate surface area is 109 Å². The van der Waals surface area contributed by atoms with E-state index in [4.69, 9.17) is 0 Å². The molecule has 0 saturated heterocycles. The minimum atomic E-state index is 1.03. The molecule has 1 nitrogen and oxygen atoms in total. The monoisotopic (exact) mass is 249 g/mol. The number of hydrogen-bond acceptors (Lipinski definition) is 2. The third-order valence-corrected chi connectivity index (χ3v) is 4.68. The molecule has 0 heterocycles. The molecule has 1 aliphatic rings. The van der Waals surface area contributed by atoms with Gasteiger partial charge in [-0.3, -0.25) is 0 Å². The quantitative estimate of drug-likeness (QED) is 0.718. The van der Waals surface area contributed by atoms with E-state index in [9.17, 15) is 0 Å². The molecule has 0 spiro atoms. The lowest BCUT2D eigenvalue weighted by molar-refractivity contribution is 0.623. The fourth-order valence-electron chi connectivity index (χ4n) is 2.39. The maximum Gasteiger partial charge on any atom is 0.0340 e. The summed E-state index contributed by atoms with van der Waals surface area (Å²) in [4.78, 5) is 0. The Morgan fingerprint density at radius 2 is 1.88 bits per heavy atom. The number of anilines is 1. The summed E-state index contributed by atoms with van der Waals surface area (Å²) in [6.45, 7) is 1.10. The standard InChI is InChI=1S/C15H23NS/c1-2-9-15(10-3-1)16-11-6-12-17-13-14-7-4-5-8-14/h1-3,9-10,14,16H,4-8,11-13H2. The van der Waals surface area contributed by atoms with Crippen molar-refractivity contribution in [1.29, 1.82) is 0 Å². The molecular formula is C15H23NS. The first kappa shape index (κ1) is 12.8. The minimum Gasteiger partial charge on any atom is -0.385 e. The highest BCUT2D eigenvalue weighted by Gasteiger charge is 2.13. The Bertz CT molecular complexity index is 293. The van der Waals surface area contributed by atoms with Crippen LogP contribution < -0.4 is 5.32 Å². The van der Waals surface area contributed by atoms with Gasteiger partial charge in [0.1, 0.15) is 0 Å². The van der Waals surface area contributed by atoms with E-state index < -0.39 is 0 Å². The largest absolute Gasteiger partial charge is 0.385 e. The first-order chi connectivity index (χ1) is 8.45. The summed E-state index contributed by atoms with van der Waals surface area (Å²) >= 11 is 2.15. The first-order valence-electron chi connectivity index (χ1n) is 6.82. The molecule has 1 aromatic rings. The van der Waals surface area contributed by atoms with Crippen molar-refractivity contribution in [3.05, 3.63) is 30.3 Å². The van der Waals surface area contributed by atoms with Crippen molar-refractivity contribution in [3.8, 4) is 0 Å². The zero-order valence-electron chi connectivity index (χ0n) is 10.5. The van der Waals surface area contributed by atoms with Gasteiger partial charge in [0.2, 0.25) is 0 Å². The van der Waals surface area contributed by atoms with Crippen molar-refractivity contribution in [2.75, 3.05) is 23.4 Å². The second kappa shape index (κ2) is 7.65. The molecule has 0 aromatic heterocycles. The summed E-state index contributed by atoms with van der Waals surface area (Å²) in [6, 6.07) is 10.5. The topological polar surface area (TPSA) is 12.0 Å². The molecule has 0 aliphatic heterocycles. The Morgan fingerprint density at radius 1 is 1.12 bits per heavy atom. The molecule has 0 atom stereocenters. The third-order valence-electron chi connectivity index (χ3n) is 3.40. The Balaban J connectivity index is 1.46. The average molecular weight is 249 g/mol. The van der Waals surface area contributed by atoms with E-state index in [0.29, 0.717) is 0 Å². The van der Waals surface area contributed by atoms with Crippen molar-refractivity contribution in [3.63, 3.8) is 0 Å². The first-order valence-corrected chi connectivity index (χ1v) is 7.97. The molecule has 0 radical (unpaired) electrons. The summed E-state index contributed by atoms with van der Waals surface area (Å²) in [5.41, 5.74) is 1.24. The lowest BCUT2D eigenvalue weighted by Gasteiger charge is -2.09. The highest BCUT2D eigenvalue weighted by Crippen LogP contribution is 2.27. The molecule has 1 aromatic carbocycles. The van der Waals surface area contributed by atoms with Gasteiger partial charge in [-0.1, -0.05) is 31.0 Å². The molecule has 0 bridgehead atoms. The second-order valence-corrected chi connectivity index (χ2v) is 6.02. The molecule has 1 aliphatic carbocycles. The molecular weight excluding hydrogens is 226 g/mol. The highest BCUT2D eigenvalue weighted by molar-refractivity contribution is 7.99. The third kappa shape index (κ3) is 5.03. The SMILES string of the molecule is c1ccc(NCCCSCC2CCCC2)cc1. The van der Waals surface area contributed by atoms with Crippen LogP contribution in [0, 0.1) is 5.92 Å². The predicted octanol–water partition coefficient (Wildman–Crippen LogP) is 4.41. The molecule has 94 valence electrons. The number of hydrogen-bond donors (Lipinski definition) is 1. The van der Waals surface area contributed by atoms with Gasteiger partial charge in [-0.15, -0.1) is 0 Å². The van der Waals surface area contributed by atoms with E-state index in [2.05, 4.69) is 47.4 Å². The number of nitrogens with one attached hydrogen (secondary N) is 1. The van der Waals surface area contributed by atoms with Crippen LogP contribution in [0.15, 0.2) is 30.3 Å². The summed E-state index contributed by atoms with van der Waals surface area (Å²) < 4.78 is 0. The van der Waals surface area contributed by atoms with Gasteiger partial charge < -0.3 is 5.32 Å². The van der Waals surface area contributed by atoms with Gasteiger partial charge in [0.15, 0.2) is 0 Å². The fraction of sp³-hybridized carbons (Fsp3) is 0.600. The molecule has 2 heteroatoms. The van der Waals surface area contributed by atoms with Crippen LogP contribution in [-0.4, -0.2) is 18.1 Å². The number of benzene rings is 1. The molecule has 0 unspecified atom stereocenters. The lowest BCUT2D eigenvalue weighted by Crippen LogP contribution is -2.03. The van der Waals surface area contributed by atoms with E-state index in [0.717, 1.165) is 12.5 Å². The van der Waals surface area contributed by atoms with Gasteiger partial charge in [0.05, 0.1) is 0 Å². The number of para-hydroxylation sites is 1. The summed E-state index contributed by atoms with van der Waals surface area (Å²) in [5.74, 6) is 3.73. The summed E-state index contributed by atoms with van der Waals surface area (Å²) in [6.07, 6.45) is 7.18. The molecule has 2 rings (SSSR count). The van der Waals surface area contributed by atoms with Crippen LogP contribution >= 0.6 is 11.8 Å². The van der Waals surface area contributed by atoms with E-state index in [1.807, 2.05) is 0 Å². The van der Waals surface area contributed by atoms with Crippen molar-refractivity contribution in [2.24, 2.45) is 5.92 Å². The van der Waals surface area contributed by atoms with E-state index in [-0.39, 0.29) is 0 Å². The highest BCUT2D eigenvalue weighted by atomic mass is 32.2. The van der Waals surface area contributed by atoms with E-state index in [1.165, 1.54) is 49.3 Å². The van der Waals surface area contributed by atoms with Crippen LogP contribution in [0.5, 0.6) is 0 Å². The number of thioether (sulfide) groups is 1. The van der Waals surface area contributed by atoms with Crippen LogP contribution in [0.25, 0.3) is 0 Å². The van der Waals surface area contributed by atoms with Crippen molar-refractivity contribution in [2.45, 2.75) is 32.1 Å². The van der Waals surface area contributed by atoms with Crippen LogP contribution in [-0.2, 0) is 0 Å². The zero-order chi connectivity index (χ0) is 11.8. The van der Waals surface area contributed by atoms with Crippen LogP contribution in [0.1, 0.15) is 32.1 Å². The maximum absolute atomic E-state index is 3.46. The predicted molar refractivity (Wildman–Crippen MR) is 78.8 cm³/mol. The second-order valence-electron chi connectivity index (χ2n) is 4.87. The van der Waals surface area contributed by atoms with Gasteiger partial charge in [-0.05, 0) is 48.8 Å². The summed E-state index contributed by atoms with van der Waals surface area (Å²) in [7, 11) is 0. The van der Waals surface area contributed by atoms with Gasteiger partial charge in [0, 0.05) is 12.2 Å². The summed E-state index contributed by atoms with van der Waals surface area (Å²) in [5, 5.41) is 3.46. The lowest BCUT2D eigenvalue weighted by atomic mass is 10.1. The Kier molecular flexibility index (Phi) is 5.77. The average Bonchev–Trinajstić information content (AvgIpc) is 2.88. The van der Waals surface area contributed by atoms with Crippen molar-refractivity contribution >= 4 is 17.4 Å². The maximum atomic E-state index is 3.46. The van der Waals surface area contributed by atoms with Crippen molar-refractivity contribution < 1.29 is 0 Å². The van der Waals surface area contributed by atoms with Gasteiger partial charge in [-0.25, -0.2) is 0 Å². The minimum absolute atomic E-state index is 1.03. The Morgan fingerprint density at radius 3 is 2.65 bits per heavy atom. The zero-order valence-corrected chi connectivity index (χ0v) is 11.3. The Hall–Kier alpha value is -0.630. The molecule has 1 N–H and O–H groups in total. The van der Waals surface area contributed by atoms with Gasteiger partial charge >= 0.3 is 0 Å². The molecule has 1 fully saturated rings. The van der Waals surface area contributed by atoms with E-state index >= 15 is 0 Å².